The Morgan fingerprint density at radius 1 is 0.920 bits per heavy atom. The standard InChI is InChI=1S/C22H38O3/c1-4-15-20-18(2)19(3)21(25-20)16-13-11-9-7-5-6-8-10-12-14-17-22(23)24/h10,12,14,17-21H,4-9,11,13,15-16H2,1-3H3,(H,23,24)/b12-10+,17-14+. The van der Waals surface area contributed by atoms with Crippen molar-refractivity contribution in [3.63, 3.8) is 0 Å². The van der Waals surface area contributed by atoms with Gasteiger partial charge < -0.3 is 9.84 Å². The molecular weight excluding hydrogens is 312 g/mol. The quantitative estimate of drug-likeness (QED) is 0.246. The summed E-state index contributed by atoms with van der Waals surface area (Å²) in [5.41, 5.74) is 0. The van der Waals surface area contributed by atoms with Crippen LogP contribution in [0.25, 0.3) is 0 Å². The maximum absolute atomic E-state index is 10.3. The predicted molar refractivity (Wildman–Crippen MR) is 105 cm³/mol. The van der Waals surface area contributed by atoms with E-state index in [-0.39, 0.29) is 0 Å². The Morgan fingerprint density at radius 3 is 2.16 bits per heavy atom. The zero-order valence-corrected chi connectivity index (χ0v) is 16.5. The smallest absolute Gasteiger partial charge is 0.328 e. The van der Waals surface area contributed by atoms with Gasteiger partial charge in [-0.05, 0) is 37.5 Å². The van der Waals surface area contributed by atoms with Crippen LogP contribution in [0.4, 0.5) is 0 Å². The van der Waals surface area contributed by atoms with E-state index < -0.39 is 5.97 Å². The zero-order valence-electron chi connectivity index (χ0n) is 16.5. The van der Waals surface area contributed by atoms with Crippen LogP contribution in [0, 0.1) is 11.8 Å². The highest BCUT2D eigenvalue weighted by Crippen LogP contribution is 2.36. The van der Waals surface area contributed by atoms with E-state index in [1.54, 1.807) is 6.08 Å². The van der Waals surface area contributed by atoms with E-state index in [0.717, 1.165) is 12.5 Å². The first-order valence-corrected chi connectivity index (χ1v) is 10.3. The molecule has 0 radical (unpaired) electrons. The molecule has 0 aliphatic carbocycles. The highest BCUT2D eigenvalue weighted by atomic mass is 16.5. The lowest BCUT2D eigenvalue weighted by atomic mass is 9.87. The topological polar surface area (TPSA) is 46.5 Å². The molecule has 1 saturated heterocycles. The third-order valence-corrected chi connectivity index (χ3v) is 5.52. The molecule has 0 aromatic carbocycles. The third kappa shape index (κ3) is 9.25. The van der Waals surface area contributed by atoms with Crippen molar-refractivity contribution < 1.29 is 14.6 Å². The van der Waals surface area contributed by atoms with E-state index >= 15 is 0 Å². The number of allylic oxidation sites excluding steroid dienone is 3. The van der Waals surface area contributed by atoms with Gasteiger partial charge in [-0.2, -0.15) is 0 Å². The molecule has 1 aliphatic rings. The minimum absolute atomic E-state index is 0.482. The van der Waals surface area contributed by atoms with Crippen LogP contribution < -0.4 is 0 Å². The van der Waals surface area contributed by atoms with Crippen LogP contribution in [0.3, 0.4) is 0 Å². The van der Waals surface area contributed by atoms with Crippen molar-refractivity contribution in [3.05, 3.63) is 24.3 Å². The third-order valence-electron chi connectivity index (χ3n) is 5.52. The molecule has 1 fully saturated rings. The Kier molecular flexibility index (Phi) is 11.6. The van der Waals surface area contributed by atoms with Gasteiger partial charge in [-0.15, -0.1) is 0 Å². The van der Waals surface area contributed by atoms with Crippen LogP contribution in [0.5, 0.6) is 0 Å². The van der Waals surface area contributed by atoms with Gasteiger partial charge in [-0.25, -0.2) is 4.79 Å². The molecular formula is C22H38O3. The summed E-state index contributed by atoms with van der Waals surface area (Å²) < 4.78 is 6.28. The van der Waals surface area contributed by atoms with Gasteiger partial charge in [0.15, 0.2) is 0 Å². The van der Waals surface area contributed by atoms with Gasteiger partial charge in [-0.3, -0.25) is 0 Å². The largest absolute Gasteiger partial charge is 0.478 e. The molecule has 1 aliphatic heterocycles. The van der Waals surface area contributed by atoms with E-state index in [1.165, 1.54) is 57.8 Å². The number of carboxylic acid groups (broad SMARTS) is 1. The molecule has 25 heavy (non-hydrogen) atoms. The molecule has 3 heteroatoms. The summed E-state index contributed by atoms with van der Waals surface area (Å²) in [4.78, 5) is 10.3. The van der Waals surface area contributed by atoms with Crippen molar-refractivity contribution in [2.75, 3.05) is 0 Å². The van der Waals surface area contributed by atoms with Gasteiger partial charge in [0.2, 0.25) is 0 Å². The van der Waals surface area contributed by atoms with Crippen molar-refractivity contribution in [1.82, 2.24) is 0 Å². The second-order valence-corrected chi connectivity index (χ2v) is 7.54. The second-order valence-electron chi connectivity index (χ2n) is 7.54. The van der Waals surface area contributed by atoms with Crippen LogP contribution >= 0.6 is 0 Å². The number of carboxylic acids is 1. The van der Waals surface area contributed by atoms with Gasteiger partial charge in [0, 0.05) is 6.08 Å². The van der Waals surface area contributed by atoms with Gasteiger partial charge >= 0.3 is 5.97 Å². The average Bonchev–Trinajstić information content (AvgIpc) is 2.84. The molecule has 1 N–H and O–H groups in total. The minimum atomic E-state index is -0.891. The molecule has 0 aromatic rings. The van der Waals surface area contributed by atoms with Crippen molar-refractivity contribution in [3.8, 4) is 0 Å². The van der Waals surface area contributed by atoms with Gasteiger partial charge in [0.25, 0.3) is 0 Å². The lowest BCUT2D eigenvalue weighted by Crippen LogP contribution is -2.16. The fourth-order valence-corrected chi connectivity index (χ4v) is 3.72. The minimum Gasteiger partial charge on any atom is -0.478 e. The Balaban J connectivity index is 1.98. The Hall–Kier alpha value is -1.09. The summed E-state index contributed by atoms with van der Waals surface area (Å²) in [6, 6.07) is 0. The molecule has 0 bridgehead atoms. The summed E-state index contributed by atoms with van der Waals surface area (Å²) in [6.07, 6.45) is 20.0. The molecule has 0 saturated carbocycles. The normalized spacial score (nSPS) is 26.8. The highest BCUT2D eigenvalue weighted by Gasteiger charge is 2.37. The molecule has 0 spiro atoms. The Bertz CT molecular complexity index is 413. The molecule has 1 rings (SSSR count). The van der Waals surface area contributed by atoms with Gasteiger partial charge in [0.05, 0.1) is 12.2 Å². The lowest BCUT2D eigenvalue weighted by molar-refractivity contribution is -0.131. The van der Waals surface area contributed by atoms with Crippen molar-refractivity contribution >= 4 is 5.97 Å². The first-order chi connectivity index (χ1) is 12.1. The number of ether oxygens (including phenoxy) is 1. The summed E-state index contributed by atoms with van der Waals surface area (Å²) in [6.45, 7) is 6.97. The Labute approximate surface area is 154 Å². The number of hydrogen-bond donors (Lipinski definition) is 1. The summed E-state index contributed by atoms with van der Waals surface area (Å²) >= 11 is 0. The molecule has 3 nitrogen and oxygen atoms in total. The summed E-state index contributed by atoms with van der Waals surface area (Å²) in [5.74, 6) is 0.527. The van der Waals surface area contributed by atoms with Crippen molar-refractivity contribution in [2.24, 2.45) is 11.8 Å². The molecule has 4 atom stereocenters. The van der Waals surface area contributed by atoms with Gasteiger partial charge in [-0.1, -0.05) is 77.5 Å². The first-order valence-electron chi connectivity index (χ1n) is 10.3. The van der Waals surface area contributed by atoms with E-state index in [0.29, 0.717) is 24.0 Å². The average molecular weight is 351 g/mol. The molecule has 1 heterocycles. The maximum Gasteiger partial charge on any atom is 0.328 e. The maximum atomic E-state index is 10.3. The second kappa shape index (κ2) is 13.2. The summed E-state index contributed by atoms with van der Waals surface area (Å²) in [5, 5.41) is 8.46. The molecule has 0 aromatic heterocycles. The van der Waals surface area contributed by atoms with Crippen molar-refractivity contribution in [2.45, 2.75) is 97.2 Å². The number of carbonyl (C=O) groups is 1. The van der Waals surface area contributed by atoms with Crippen LogP contribution in [0.15, 0.2) is 24.3 Å². The molecule has 0 amide bonds. The van der Waals surface area contributed by atoms with E-state index in [4.69, 9.17) is 9.84 Å². The van der Waals surface area contributed by atoms with E-state index in [9.17, 15) is 4.79 Å². The fraction of sp³-hybridized carbons (Fsp3) is 0.773. The van der Waals surface area contributed by atoms with Crippen LogP contribution in [-0.4, -0.2) is 23.3 Å². The van der Waals surface area contributed by atoms with Crippen molar-refractivity contribution in [1.29, 1.82) is 0 Å². The fourth-order valence-electron chi connectivity index (χ4n) is 3.72. The highest BCUT2D eigenvalue weighted by molar-refractivity contribution is 5.80. The summed E-state index contributed by atoms with van der Waals surface area (Å²) in [7, 11) is 0. The molecule has 144 valence electrons. The van der Waals surface area contributed by atoms with Crippen LogP contribution in [0.1, 0.15) is 85.0 Å². The van der Waals surface area contributed by atoms with E-state index in [2.05, 4.69) is 20.8 Å². The monoisotopic (exact) mass is 350 g/mol. The van der Waals surface area contributed by atoms with Crippen LogP contribution in [-0.2, 0) is 9.53 Å². The number of hydrogen-bond acceptors (Lipinski definition) is 2. The molecule has 4 unspecified atom stereocenters. The number of unbranched alkanes of at least 4 members (excludes halogenated alkanes) is 6. The first kappa shape index (κ1) is 22.0. The zero-order chi connectivity index (χ0) is 18.5. The van der Waals surface area contributed by atoms with Crippen LogP contribution in [0.2, 0.25) is 0 Å². The number of rotatable bonds is 13. The number of aliphatic carboxylic acids is 1. The lowest BCUT2D eigenvalue weighted by Gasteiger charge is -2.15. The SMILES string of the molecule is CCCC1OC(CCCCCCCC/C=C/C=C/C(=O)O)C(C)C1C. The van der Waals surface area contributed by atoms with E-state index in [1.807, 2.05) is 12.2 Å². The van der Waals surface area contributed by atoms with Gasteiger partial charge in [0.1, 0.15) is 0 Å². The predicted octanol–water partition coefficient (Wildman–Crippen LogP) is 6.14. The Morgan fingerprint density at radius 2 is 1.52 bits per heavy atom.